The van der Waals surface area contributed by atoms with Gasteiger partial charge in [0, 0.05) is 6.42 Å². The SMILES string of the molecule is CCCCC/C=C\C/C=C\CCCCCCCCCCCC(=O)NC(COP(=O)(O)OCC[N+](C)(C)C)C(O)/C=C/CC/C=C/CC/C=C/CCCCCCCCCCCC. The molecule has 0 bridgehead atoms. The lowest BCUT2D eigenvalue weighted by molar-refractivity contribution is -0.870. The normalized spacial score (nSPS) is 14.7. The van der Waals surface area contributed by atoms with Crippen molar-refractivity contribution in [3.8, 4) is 0 Å². The van der Waals surface area contributed by atoms with Crippen molar-refractivity contribution in [1.82, 2.24) is 5.32 Å². The highest BCUT2D eigenvalue weighted by molar-refractivity contribution is 7.47. The zero-order valence-electron chi connectivity index (χ0n) is 40.4. The molecule has 3 N–H and O–H groups in total. The van der Waals surface area contributed by atoms with E-state index in [1.54, 1.807) is 6.08 Å². The number of carbonyl (C=O) groups excluding carboxylic acids is 1. The van der Waals surface area contributed by atoms with Crippen molar-refractivity contribution in [2.45, 2.75) is 225 Å². The Morgan fingerprint density at radius 2 is 0.951 bits per heavy atom. The molecule has 0 aromatic rings. The van der Waals surface area contributed by atoms with Gasteiger partial charge in [0.15, 0.2) is 0 Å². The van der Waals surface area contributed by atoms with E-state index < -0.39 is 20.0 Å². The van der Waals surface area contributed by atoms with Crippen LogP contribution in [-0.2, 0) is 18.4 Å². The van der Waals surface area contributed by atoms with E-state index in [-0.39, 0.29) is 19.1 Å². The number of allylic oxidation sites excluding steroid dienone is 9. The molecule has 3 unspecified atom stereocenters. The number of nitrogens with one attached hydrogen (secondary N) is 1. The highest BCUT2D eigenvalue weighted by Crippen LogP contribution is 2.43. The molecule has 1 amide bonds. The molecule has 0 radical (unpaired) electrons. The first-order chi connectivity index (χ1) is 29.5. The largest absolute Gasteiger partial charge is 0.472 e. The summed E-state index contributed by atoms with van der Waals surface area (Å²) in [6, 6.07) is -0.874. The molecular weight excluding hydrogens is 780 g/mol. The number of likely N-dealkylation sites (N-methyl/N-ethyl adjacent to an activating group) is 1. The number of rotatable bonds is 45. The second-order valence-electron chi connectivity index (χ2n) is 18.2. The van der Waals surface area contributed by atoms with Crippen molar-refractivity contribution in [3.05, 3.63) is 60.8 Å². The average Bonchev–Trinajstić information content (AvgIpc) is 3.21. The molecule has 0 spiro atoms. The zero-order valence-corrected chi connectivity index (χ0v) is 41.3. The molecule has 0 saturated carbocycles. The van der Waals surface area contributed by atoms with Gasteiger partial charge in [0.2, 0.25) is 5.91 Å². The maximum atomic E-state index is 12.9. The number of aliphatic hydroxyl groups is 1. The van der Waals surface area contributed by atoms with Crippen molar-refractivity contribution in [3.63, 3.8) is 0 Å². The van der Waals surface area contributed by atoms with E-state index in [4.69, 9.17) is 9.05 Å². The fraction of sp³-hybridized carbons (Fsp3) is 0.788. The second kappa shape index (κ2) is 43.5. The quantitative estimate of drug-likeness (QED) is 0.0244. The lowest BCUT2D eigenvalue weighted by Crippen LogP contribution is -2.45. The van der Waals surface area contributed by atoms with Crippen LogP contribution in [-0.4, -0.2) is 73.4 Å². The lowest BCUT2D eigenvalue weighted by atomic mass is 10.1. The third-order valence-corrected chi connectivity index (χ3v) is 11.9. The number of hydrogen-bond donors (Lipinski definition) is 3. The topological polar surface area (TPSA) is 105 Å². The molecule has 0 heterocycles. The van der Waals surface area contributed by atoms with Crippen molar-refractivity contribution in [2.75, 3.05) is 40.9 Å². The summed E-state index contributed by atoms with van der Waals surface area (Å²) in [6.45, 7) is 4.76. The predicted molar refractivity (Wildman–Crippen MR) is 263 cm³/mol. The molecule has 0 aromatic heterocycles. The molecule has 3 atom stereocenters. The Morgan fingerprint density at radius 1 is 0.557 bits per heavy atom. The van der Waals surface area contributed by atoms with Crippen LogP contribution >= 0.6 is 7.82 Å². The van der Waals surface area contributed by atoms with Crippen LogP contribution in [0.4, 0.5) is 0 Å². The fourth-order valence-electron chi connectivity index (χ4n) is 6.93. The van der Waals surface area contributed by atoms with Gasteiger partial charge in [0.05, 0.1) is 39.9 Å². The Kier molecular flexibility index (Phi) is 42.2. The number of amides is 1. The van der Waals surface area contributed by atoms with E-state index in [2.05, 4.69) is 67.8 Å². The third-order valence-electron chi connectivity index (χ3n) is 10.9. The predicted octanol–water partition coefficient (Wildman–Crippen LogP) is 14.6. The Bertz CT molecular complexity index is 1180. The minimum Gasteiger partial charge on any atom is -0.387 e. The first-order valence-corrected chi connectivity index (χ1v) is 26.7. The molecule has 0 saturated heterocycles. The van der Waals surface area contributed by atoms with Crippen LogP contribution in [0.25, 0.3) is 0 Å². The summed E-state index contributed by atoms with van der Waals surface area (Å²) in [5.41, 5.74) is 0. The van der Waals surface area contributed by atoms with Crippen LogP contribution < -0.4 is 5.32 Å². The molecule has 0 aliphatic rings. The maximum Gasteiger partial charge on any atom is 0.472 e. The van der Waals surface area contributed by atoms with Crippen LogP contribution in [0.15, 0.2) is 60.8 Å². The Morgan fingerprint density at radius 3 is 1.44 bits per heavy atom. The number of hydrogen-bond acceptors (Lipinski definition) is 5. The Balaban J connectivity index is 4.42. The molecule has 0 aliphatic heterocycles. The molecule has 61 heavy (non-hydrogen) atoms. The molecule has 0 rings (SSSR count). The van der Waals surface area contributed by atoms with Gasteiger partial charge in [-0.2, -0.15) is 0 Å². The second-order valence-corrected chi connectivity index (χ2v) is 19.6. The molecule has 0 aromatic carbocycles. The minimum atomic E-state index is -4.36. The molecular formula is C52H98N2O6P+. The number of phosphoric ester groups is 1. The van der Waals surface area contributed by atoms with Crippen LogP contribution in [0, 0.1) is 0 Å². The van der Waals surface area contributed by atoms with Gasteiger partial charge >= 0.3 is 7.82 Å². The van der Waals surface area contributed by atoms with E-state index in [1.165, 1.54) is 141 Å². The number of unbranched alkanes of at least 4 members (excludes halogenated alkanes) is 24. The highest BCUT2D eigenvalue weighted by Gasteiger charge is 2.27. The van der Waals surface area contributed by atoms with Gasteiger partial charge < -0.3 is 19.8 Å². The standard InChI is InChI=1S/C52H97N2O6P/c1-6-8-10-12-14-16-18-20-22-24-26-28-29-31-33-35-37-39-41-43-45-51(55)50(49-60-61(57,58)59-48-47-54(3,4)5)53-52(56)46-44-42-40-38-36-34-32-30-27-25-23-21-19-17-15-13-11-9-7-2/h15,17,21,23,28-29,35,37,43,45,50-51,55H,6-14,16,18-20,22,24-27,30-34,36,38-42,44,46-49H2,1-5H3,(H-,53,56,57,58)/p+1/b17-15-,23-21-,29-28+,37-35+,45-43+. The lowest BCUT2D eigenvalue weighted by Gasteiger charge is -2.25. The smallest absolute Gasteiger partial charge is 0.387 e. The number of phosphoric acid groups is 1. The van der Waals surface area contributed by atoms with Crippen LogP contribution in [0.1, 0.15) is 213 Å². The van der Waals surface area contributed by atoms with E-state index in [0.29, 0.717) is 17.4 Å². The van der Waals surface area contributed by atoms with Gasteiger partial charge in [0.25, 0.3) is 0 Å². The van der Waals surface area contributed by atoms with Gasteiger partial charge in [-0.15, -0.1) is 0 Å². The number of quaternary nitrogens is 1. The van der Waals surface area contributed by atoms with Crippen molar-refractivity contribution < 1.29 is 32.9 Å². The van der Waals surface area contributed by atoms with Gasteiger partial charge in [-0.05, 0) is 77.0 Å². The highest BCUT2D eigenvalue weighted by atomic mass is 31.2. The van der Waals surface area contributed by atoms with Gasteiger partial charge in [-0.3, -0.25) is 13.8 Å². The van der Waals surface area contributed by atoms with E-state index in [0.717, 1.165) is 51.4 Å². The summed E-state index contributed by atoms with van der Waals surface area (Å²) < 4.78 is 23.6. The third kappa shape index (κ3) is 46.0. The number of carbonyl (C=O) groups is 1. The fourth-order valence-corrected chi connectivity index (χ4v) is 7.66. The number of aliphatic hydroxyl groups excluding tert-OH is 1. The molecule has 0 aliphatic carbocycles. The van der Waals surface area contributed by atoms with Gasteiger partial charge in [0.1, 0.15) is 13.2 Å². The first kappa shape index (κ1) is 59.2. The average molecular weight is 878 g/mol. The van der Waals surface area contributed by atoms with Crippen molar-refractivity contribution >= 4 is 13.7 Å². The Hall–Kier alpha value is -1.80. The monoisotopic (exact) mass is 878 g/mol. The zero-order chi connectivity index (χ0) is 45.0. The molecule has 0 fully saturated rings. The summed E-state index contributed by atoms with van der Waals surface area (Å²) in [5.74, 6) is -0.197. The van der Waals surface area contributed by atoms with Crippen LogP contribution in [0.2, 0.25) is 0 Å². The summed E-state index contributed by atoms with van der Waals surface area (Å²) >= 11 is 0. The van der Waals surface area contributed by atoms with Gasteiger partial charge in [-0.25, -0.2) is 4.57 Å². The minimum absolute atomic E-state index is 0.0507. The van der Waals surface area contributed by atoms with Crippen LogP contribution in [0.3, 0.4) is 0 Å². The number of nitrogens with zero attached hydrogens (tertiary/aromatic N) is 1. The summed E-state index contributed by atoms with van der Waals surface area (Å²) in [4.78, 5) is 23.2. The molecule has 356 valence electrons. The Labute approximate surface area is 377 Å². The molecule has 9 heteroatoms. The summed E-state index contributed by atoms with van der Waals surface area (Å²) in [6.07, 6.45) is 57.3. The van der Waals surface area contributed by atoms with Crippen LogP contribution in [0.5, 0.6) is 0 Å². The summed E-state index contributed by atoms with van der Waals surface area (Å²) in [7, 11) is 1.54. The van der Waals surface area contributed by atoms with Gasteiger partial charge in [-0.1, -0.05) is 190 Å². The van der Waals surface area contributed by atoms with E-state index >= 15 is 0 Å². The summed E-state index contributed by atoms with van der Waals surface area (Å²) in [5, 5.41) is 13.9. The van der Waals surface area contributed by atoms with Crippen molar-refractivity contribution in [1.29, 1.82) is 0 Å². The van der Waals surface area contributed by atoms with E-state index in [9.17, 15) is 19.4 Å². The van der Waals surface area contributed by atoms with E-state index in [1.807, 2.05) is 27.2 Å². The molecule has 8 nitrogen and oxygen atoms in total. The first-order valence-electron chi connectivity index (χ1n) is 25.2. The van der Waals surface area contributed by atoms with Crippen molar-refractivity contribution in [2.24, 2.45) is 0 Å². The maximum absolute atomic E-state index is 12.9.